The van der Waals surface area contributed by atoms with Crippen LogP contribution < -0.4 is 4.90 Å². The standard InChI is InChI=1S/C11H11IN2O2/c12-11-13-9-7-8(1-2-10(9)16-11)14-3-5-15-6-4-14/h1-2,7H,3-6H2. The van der Waals surface area contributed by atoms with E-state index in [1.54, 1.807) is 0 Å². The van der Waals surface area contributed by atoms with Crippen molar-refractivity contribution in [2.45, 2.75) is 0 Å². The Labute approximate surface area is 107 Å². The molecule has 1 saturated heterocycles. The minimum absolute atomic E-state index is 0.687. The van der Waals surface area contributed by atoms with Gasteiger partial charge in [-0.1, -0.05) is 0 Å². The number of morpholine rings is 1. The molecule has 1 aliphatic rings. The fourth-order valence-corrected chi connectivity index (χ4v) is 2.40. The Hall–Kier alpha value is -0.820. The number of nitrogens with zero attached hydrogens (tertiary/aromatic N) is 2. The molecule has 0 amide bonds. The molecule has 0 atom stereocenters. The van der Waals surface area contributed by atoms with Crippen LogP contribution >= 0.6 is 22.6 Å². The largest absolute Gasteiger partial charge is 0.432 e. The van der Waals surface area contributed by atoms with Gasteiger partial charge in [0.1, 0.15) is 5.52 Å². The predicted octanol–water partition coefficient (Wildman–Crippen LogP) is 2.27. The zero-order valence-electron chi connectivity index (χ0n) is 8.65. The van der Waals surface area contributed by atoms with Gasteiger partial charge in [-0.05, 0) is 18.2 Å². The van der Waals surface area contributed by atoms with Crippen molar-refractivity contribution in [3.8, 4) is 0 Å². The number of hydrogen-bond acceptors (Lipinski definition) is 4. The maximum atomic E-state index is 5.44. The smallest absolute Gasteiger partial charge is 0.258 e. The number of fused-ring (bicyclic) bond motifs is 1. The maximum Gasteiger partial charge on any atom is 0.258 e. The summed E-state index contributed by atoms with van der Waals surface area (Å²) >= 11 is 2.09. The highest BCUT2D eigenvalue weighted by atomic mass is 127. The van der Waals surface area contributed by atoms with Crippen molar-refractivity contribution in [1.82, 2.24) is 4.98 Å². The van der Waals surface area contributed by atoms with E-state index in [0.29, 0.717) is 3.90 Å². The first-order valence-corrected chi connectivity index (χ1v) is 6.29. The quantitative estimate of drug-likeness (QED) is 0.752. The summed E-state index contributed by atoms with van der Waals surface area (Å²) in [6.45, 7) is 3.49. The van der Waals surface area contributed by atoms with E-state index >= 15 is 0 Å². The van der Waals surface area contributed by atoms with Crippen LogP contribution in [-0.4, -0.2) is 31.3 Å². The maximum absolute atomic E-state index is 5.44. The zero-order valence-corrected chi connectivity index (χ0v) is 10.8. The van der Waals surface area contributed by atoms with Gasteiger partial charge in [-0.25, -0.2) is 4.98 Å². The summed E-state index contributed by atoms with van der Waals surface area (Å²) in [6.07, 6.45) is 0. The Bertz CT molecular complexity index is 506. The highest BCUT2D eigenvalue weighted by Gasteiger charge is 2.12. The average Bonchev–Trinajstić information content (AvgIpc) is 2.69. The SMILES string of the molecule is Ic1nc2cc(N3CCOCC3)ccc2o1. The molecule has 0 radical (unpaired) electrons. The Kier molecular flexibility index (Phi) is 2.72. The topological polar surface area (TPSA) is 38.5 Å². The molecule has 2 aromatic rings. The first-order chi connectivity index (χ1) is 7.83. The third-order valence-corrected chi connectivity index (χ3v) is 3.18. The highest BCUT2D eigenvalue weighted by Crippen LogP contribution is 2.23. The van der Waals surface area contributed by atoms with Crippen molar-refractivity contribution in [2.75, 3.05) is 31.2 Å². The van der Waals surface area contributed by atoms with E-state index in [1.807, 2.05) is 6.07 Å². The van der Waals surface area contributed by atoms with Crippen LogP contribution in [0.4, 0.5) is 5.69 Å². The van der Waals surface area contributed by atoms with Crippen molar-refractivity contribution < 1.29 is 9.15 Å². The van der Waals surface area contributed by atoms with Crippen LogP contribution in [0.2, 0.25) is 0 Å². The summed E-state index contributed by atoms with van der Waals surface area (Å²) < 4.78 is 11.5. The van der Waals surface area contributed by atoms with Gasteiger partial charge in [-0.3, -0.25) is 0 Å². The normalized spacial score (nSPS) is 16.9. The summed E-state index contributed by atoms with van der Waals surface area (Å²) in [7, 11) is 0. The molecule has 0 N–H and O–H groups in total. The van der Waals surface area contributed by atoms with Gasteiger partial charge >= 0.3 is 0 Å². The van der Waals surface area contributed by atoms with E-state index < -0.39 is 0 Å². The molecule has 4 nitrogen and oxygen atoms in total. The summed E-state index contributed by atoms with van der Waals surface area (Å²) in [4.78, 5) is 6.64. The number of rotatable bonds is 1. The molecule has 3 rings (SSSR count). The predicted molar refractivity (Wildman–Crippen MR) is 69.8 cm³/mol. The molecule has 84 valence electrons. The molecular weight excluding hydrogens is 319 g/mol. The molecule has 0 bridgehead atoms. The van der Waals surface area contributed by atoms with Crippen molar-refractivity contribution in [3.05, 3.63) is 22.1 Å². The van der Waals surface area contributed by atoms with Crippen molar-refractivity contribution in [2.24, 2.45) is 0 Å². The van der Waals surface area contributed by atoms with Crippen molar-refractivity contribution in [3.63, 3.8) is 0 Å². The third-order valence-electron chi connectivity index (χ3n) is 2.72. The second-order valence-electron chi connectivity index (χ2n) is 3.72. The average molecular weight is 330 g/mol. The molecule has 1 aromatic carbocycles. The van der Waals surface area contributed by atoms with Crippen LogP contribution in [0, 0.1) is 3.90 Å². The van der Waals surface area contributed by atoms with E-state index in [2.05, 4.69) is 44.6 Å². The fourth-order valence-electron chi connectivity index (χ4n) is 1.91. The van der Waals surface area contributed by atoms with E-state index in [-0.39, 0.29) is 0 Å². The van der Waals surface area contributed by atoms with Crippen LogP contribution in [0.15, 0.2) is 22.6 Å². The highest BCUT2D eigenvalue weighted by molar-refractivity contribution is 14.1. The lowest BCUT2D eigenvalue weighted by molar-refractivity contribution is 0.122. The summed E-state index contributed by atoms with van der Waals surface area (Å²) in [5, 5.41) is 0. The molecule has 1 fully saturated rings. The number of oxazole rings is 1. The summed E-state index contributed by atoms with van der Waals surface area (Å²) in [5.41, 5.74) is 2.97. The second kappa shape index (κ2) is 4.21. The van der Waals surface area contributed by atoms with Crippen LogP contribution in [0.1, 0.15) is 0 Å². The van der Waals surface area contributed by atoms with E-state index in [1.165, 1.54) is 5.69 Å². The monoisotopic (exact) mass is 330 g/mol. The van der Waals surface area contributed by atoms with Crippen LogP contribution in [0.5, 0.6) is 0 Å². The molecule has 0 aliphatic carbocycles. The van der Waals surface area contributed by atoms with Gasteiger partial charge in [0.15, 0.2) is 5.58 Å². The molecule has 16 heavy (non-hydrogen) atoms. The fraction of sp³-hybridized carbons (Fsp3) is 0.364. The number of ether oxygens (including phenoxy) is 1. The lowest BCUT2D eigenvalue weighted by Crippen LogP contribution is -2.36. The third kappa shape index (κ3) is 1.89. The summed E-state index contributed by atoms with van der Waals surface area (Å²) in [6, 6.07) is 6.14. The number of hydrogen-bond donors (Lipinski definition) is 0. The van der Waals surface area contributed by atoms with Crippen molar-refractivity contribution >= 4 is 39.4 Å². The van der Waals surface area contributed by atoms with E-state index in [0.717, 1.165) is 37.4 Å². The zero-order chi connectivity index (χ0) is 11.0. The van der Waals surface area contributed by atoms with Gasteiger partial charge in [-0.15, -0.1) is 0 Å². The number of aromatic nitrogens is 1. The summed E-state index contributed by atoms with van der Waals surface area (Å²) in [5.74, 6) is 0. The first kappa shape index (κ1) is 10.3. The van der Waals surface area contributed by atoms with Gasteiger partial charge in [-0.2, -0.15) is 0 Å². The molecule has 1 aromatic heterocycles. The molecule has 5 heteroatoms. The van der Waals surface area contributed by atoms with Crippen LogP contribution in [0.3, 0.4) is 0 Å². The Balaban J connectivity index is 1.97. The molecule has 0 unspecified atom stereocenters. The molecule has 0 spiro atoms. The van der Waals surface area contributed by atoms with Gasteiger partial charge in [0.05, 0.1) is 13.2 Å². The van der Waals surface area contributed by atoms with Crippen molar-refractivity contribution in [1.29, 1.82) is 0 Å². The lowest BCUT2D eigenvalue weighted by Gasteiger charge is -2.28. The second-order valence-corrected chi connectivity index (χ2v) is 4.64. The van der Waals surface area contributed by atoms with E-state index in [9.17, 15) is 0 Å². The van der Waals surface area contributed by atoms with Gasteiger partial charge in [0, 0.05) is 41.4 Å². The van der Waals surface area contributed by atoms with E-state index in [4.69, 9.17) is 9.15 Å². The van der Waals surface area contributed by atoms with Gasteiger partial charge in [0.25, 0.3) is 3.90 Å². The number of benzene rings is 1. The Morgan fingerprint density at radius 2 is 2.06 bits per heavy atom. The lowest BCUT2D eigenvalue weighted by atomic mass is 10.2. The Morgan fingerprint density at radius 3 is 2.88 bits per heavy atom. The minimum atomic E-state index is 0.687. The molecular formula is C11H11IN2O2. The van der Waals surface area contributed by atoms with Gasteiger partial charge in [0.2, 0.25) is 0 Å². The van der Waals surface area contributed by atoms with Crippen LogP contribution in [-0.2, 0) is 4.74 Å². The molecule has 2 heterocycles. The Morgan fingerprint density at radius 1 is 1.25 bits per heavy atom. The van der Waals surface area contributed by atoms with Gasteiger partial charge < -0.3 is 14.1 Å². The number of halogens is 1. The minimum Gasteiger partial charge on any atom is -0.432 e. The van der Waals surface area contributed by atoms with Crippen LogP contribution in [0.25, 0.3) is 11.1 Å². The number of anilines is 1. The first-order valence-electron chi connectivity index (χ1n) is 5.22. The molecule has 0 saturated carbocycles. The molecule has 1 aliphatic heterocycles.